The topological polar surface area (TPSA) is 86.2 Å². The normalized spacial score (nSPS) is 13.0. The summed E-state index contributed by atoms with van der Waals surface area (Å²) in [5, 5.41) is 0. The monoisotopic (exact) mass is 157 g/mol. The van der Waals surface area contributed by atoms with E-state index in [1.165, 1.54) is 0 Å². The lowest BCUT2D eigenvalue weighted by Gasteiger charge is -2.09. The van der Waals surface area contributed by atoms with Crippen LogP contribution in [0, 0.1) is 11.8 Å². The van der Waals surface area contributed by atoms with Gasteiger partial charge in [0, 0.05) is 5.92 Å². The molecule has 1 radical (unpaired) electrons. The maximum absolute atomic E-state index is 10.5. The first-order valence-electron chi connectivity index (χ1n) is 3.36. The van der Waals surface area contributed by atoms with E-state index in [0.717, 1.165) is 0 Å². The molecule has 0 spiro atoms. The minimum absolute atomic E-state index is 0.317. The highest BCUT2D eigenvalue weighted by Crippen LogP contribution is 2.11. The highest BCUT2D eigenvalue weighted by Gasteiger charge is 2.17. The quantitative estimate of drug-likeness (QED) is 0.580. The second kappa shape index (κ2) is 3.95. The van der Waals surface area contributed by atoms with Crippen molar-refractivity contribution in [3.05, 3.63) is 5.92 Å². The van der Waals surface area contributed by atoms with Gasteiger partial charge in [0.1, 0.15) is 0 Å². The third kappa shape index (κ3) is 3.60. The Morgan fingerprint density at radius 1 is 1.36 bits per heavy atom. The third-order valence-corrected chi connectivity index (χ3v) is 1.52. The van der Waals surface area contributed by atoms with Gasteiger partial charge in [0.05, 0.1) is 5.92 Å². The van der Waals surface area contributed by atoms with Gasteiger partial charge in [0.2, 0.25) is 11.8 Å². The first-order chi connectivity index (χ1) is 4.95. The van der Waals surface area contributed by atoms with E-state index in [0.29, 0.717) is 12.3 Å². The Hall–Kier alpha value is -1.06. The summed E-state index contributed by atoms with van der Waals surface area (Å²) in [4.78, 5) is 21.0. The standard InChI is InChI=1S/C7H13N2O2/c1-4(6(8)10)3-5(2)7(9)11/h4H,3H2,1-2H3,(H2,8,10)(H2,9,11). The van der Waals surface area contributed by atoms with Gasteiger partial charge >= 0.3 is 0 Å². The molecule has 0 aliphatic heterocycles. The molecule has 4 nitrogen and oxygen atoms in total. The molecular weight excluding hydrogens is 144 g/mol. The molecule has 0 saturated carbocycles. The molecule has 2 amide bonds. The molecule has 1 atom stereocenters. The SMILES string of the molecule is C[C](CC(C)C(N)=O)C(N)=O. The van der Waals surface area contributed by atoms with Gasteiger partial charge < -0.3 is 11.5 Å². The Labute approximate surface area is 65.9 Å². The van der Waals surface area contributed by atoms with E-state index in [2.05, 4.69) is 0 Å². The number of hydrogen-bond donors (Lipinski definition) is 2. The fourth-order valence-electron chi connectivity index (χ4n) is 0.660. The number of amides is 2. The summed E-state index contributed by atoms with van der Waals surface area (Å²) < 4.78 is 0. The zero-order chi connectivity index (χ0) is 9.02. The lowest BCUT2D eigenvalue weighted by molar-refractivity contribution is -0.121. The number of rotatable bonds is 4. The molecular formula is C7H13N2O2. The summed E-state index contributed by atoms with van der Waals surface area (Å²) in [5.41, 5.74) is 9.94. The van der Waals surface area contributed by atoms with Crippen LogP contribution in [-0.4, -0.2) is 11.8 Å². The highest BCUT2D eigenvalue weighted by atomic mass is 16.1. The Bertz CT molecular complexity index is 150. The van der Waals surface area contributed by atoms with Gasteiger partial charge in [0.15, 0.2) is 0 Å². The Balaban J connectivity index is 3.84. The van der Waals surface area contributed by atoms with Crippen molar-refractivity contribution in [3.8, 4) is 0 Å². The van der Waals surface area contributed by atoms with Crippen LogP contribution in [-0.2, 0) is 9.59 Å². The molecule has 0 aliphatic carbocycles. The van der Waals surface area contributed by atoms with E-state index < -0.39 is 11.8 Å². The van der Waals surface area contributed by atoms with Crippen LogP contribution in [0.2, 0.25) is 0 Å². The van der Waals surface area contributed by atoms with E-state index in [9.17, 15) is 9.59 Å². The zero-order valence-electron chi connectivity index (χ0n) is 6.76. The van der Waals surface area contributed by atoms with Crippen molar-refractivity contribution >= 4 is 11.8 Å². The van der Waals surface area contributed by atoms with Crippen LogP contribution in [0.25, 0.3) is 0 Å². The van der Waals surface area contributed by atoms with Crippen molar-refractivity contribution in [2.45, 2.75) is 20.3 Å². The molecule has 0 aromatic rings. The second-order valence-electron chi connectivity index (χ2n) is 2.65. The van der Waals surface area contributed by atoms with Gasteiger partial charge in [-0.1, -0.05) is 6.92 Å². The molecule has 0 aromatic heterocycles. The Morgan fingerprint density at radius 2 is 1.82 bits per heavy atom. The van der Waals surface area contributed by atoms with Crippen LogP contribution in [0.1, 0.15) is 20.3 Å². The summed E-state index contributed by atoms with van der Waals surface area (Å²) in [6.07, 6.45) is 0.352. The Kier molecular flexibility index (Phi) is 3.57. The Morgan fingerprint density at radius 3 is 2.09 bits per heavy atom. The van der Waals surface area contributed by atoms with Gasteiger partial charge in [-0.15, -0.1) is 0 Å². The molecule has 11 heavy (non-hydrogen) atoms. The molecule has 0 aromatic carbocycles. The second-order valence-corrected chi connectivity index (χ2v) is 2.65. The summed E-state index contributed by atoms with van der Waals surface area (Å²) >= 11 is 0. The highest BCUT2D eigenvalue weighted by molar-refractivity contribution is 5.88. The summed E-state index contributed by atoms with van der Waals surface area (Å²) in [5.74, 6) is -0.720. The van der Waals surface area contributed by atoms with Crippen LogP contribution in [0.3, 0.4) is 0 Å². The van der Waals surface area contributed by atoms with Crippen molar-refractivity contribution in [2.24, 2.45) is 17.4 Å². The molecule has 0 fully saturated rings. The number of hydrogen-bond acceptors (Lipinski definition) is 2. The first kappa shape index (κ1) is 9.94. The molecule has 0 rings (SSSR count). The number of carbonyl (C=O) groups is 2. The molecule has 63 valence electrons. The smallest absolute Gasteiger partial charge is 0.224 e. The van der Waals surface area contributed by atoms with E-state index in [1.54, 1.807) is 13.8 Å². The number of carbonyl (C=O) groups excluding carboxylic acids is 2. The van der Waals surface area contributed by atoms with Crippen molar-refractivity contribution in [3.63, 3.8) is 0 Å². The van der Waals surface area contributed by atoms with Gasteiger partial charge in [-0.3, -0.25) is 9.59 Å². The van der Waals surface area contributed by atoms with Gasteiger partial charge in [-0.25, -0.2) is 0 Å². The number of nitrogens with two attached hydrogens (primary N) is 2. The van der Waals surface area contributed by atoms with E-state index >= 15 is 0 Å². The summed E-state index contributed by atoms with van der Waals surface area (Å²) in [6.45, 7) is 3.26. The van der Waals surface area contributed by atoms with Crippen molar-refractivity contribution in [1.82, 2.24) is 0 Å². The van der Waals surface area contributed by atoms with Crippen LogP contribution in [0.15, 0.2) is 0 Å². The largest absolute Gasteiger partial charge is 0.369 e. The average molecular weight is 157 g/mol. The van der Waals surface area contributed by atoms with E-state index in [1.807, 2.05) is 0 Å². The van der Waals surface area contributed by atoms with Crippen LogP contribution in [0.4, 0.5) is 0 Å². The fourth-order valence-corrected chi connectivity index (χ4v) is 0.660. The zero-order valence-corrected chi connectivity index (χ0v) is 6.76. The van der Waals surface area contributed by atoms with Gasteiger partial charge in [-0.2, -0.15) is 0 Å². The molecule has 0 saturated heterocycles. The van der Waals surface area contributed by atoms with Gasteiger partial charge in [0.25, 0.3) is 0 Å². The van der Waals surface area contributed by atoms with Crippen molar-refractivity contribution in [1.29, 1.82) is 0 Å². The van der Waals surface area contributed by atoms with Gasteiger partial charge in [-0.05, 0) is 13.3 Å². The predicted molar refractivity (Wildman–Crippen MR) is 41.1 cm³/mol. The molecule has 4 N–H and O–H groups in total. The maximum Gasteiger partial charge on any atom is 0.224 e. The molecule has 0 bridgehead atoms. The van der Waals surface area contributed by atoms with Crippen molar-refractivity contribution < 1.29 is 9.59 Å². The third-order valence-electron chi connectivity index (χ3n) is 1.52. The lowest BCUT2D eigenvalue weighted by atomic mass is 9.96. The van der Waals surface area contributed by atoms with E-state index in [-0.39, 0.29) is 5.92 Å². The fraction of sp³-hybridized carbons (Fsp3) is 0.571. The molecule has 4 heteroatoms. The molecule has 0 aliphatic rings. The first-order valence-corrected chi connectivity index (χ1v) is 3.36. The van der Waals surface area contributed by atoms with E-state index in [4.69, 9.17) is 11.5 Å². The average Bonchev–Trinajstić information content (AvgIpc) is 1.87. The van der Waals surface area contributed by atoms with Crippen molar-refractivity contribution in [2.75, 3.05) is 0 Å². The maximum atomic E-state index is 10.5. The van der Waals surface area contributed by atoms with Crippen LogP contribution < -0.4 is 11.5 Å². The lowest BCUT2D eigenvalue weighted by Crippen LogP contribution is -2.26. The molecule has 1 unspecified atom stereocenters. The summed E-state index contributed by atoms with van der Waals surface area (Å²) in [7, 11) is 0. The van der Waals surface area contributed by atoms with Crippen LogP contribution in [0.5, 0.6) is 0 Å². The minimum atomic E-state index is -0.474. The summed E-state index contributed by atoms with van der Waals surface area (Å²) in [6, 6.07) is 0. The number of primary amides is 2. The predicted octanol–water partition coefficient (Wildman–Crippen LogP) is -0.422. The minimum Gasteiger partial charge on any atom is -0.369 e. The molecule has 0 heterocycles. The van der Waals surface area contributed by atoms with Crippen LogP contribution >= 0.6 is 0 Å².